The highest BCUT2D eigenvalue weighted by molar-refractivity contribution is 6.00. The highest BCUT2D eigenvalue weighted by atomic mass is 16.5. The molecule has 41 heavy (non-hydrogen) atoms. The number of aryl methyl sites for hydroxylation is 1. The molecule has 8 heteroatoms. The fourth-order valence-electron chi connectivity index (χ4n) is 7.87. The molecule has 4 atom stereocenters. The number of ether oxygens (including phenoxy) is 2. The first-order chi connectivity index (χ1) is 20.0. The first-order valence-electron chi connectivity index (χ1n) is 15.3. The molecule has 2 N–H and O–H groups in total. The fraction of sp³-hybridized carbons (Fsp3) is 0.515. The number of hydrogen-bond acceptors (Lipinski definition) is 5. The molecule has 2 saturated carbocycles. The Hall–Kier alpha value is -3.36. The molecule has 2 bridgehead atoms. The lowest BCUT2D eigenvalue weighted by atomic mass is 9.92. The van der Waals surface area contributed by atoms with E-state index in [0.717, 1.165) is 74.5 Å². The van der Waals surface area contributed by atoms with Gasteiger partial charge in [-0.2, -0.15) is 0 Å². The number of carbonyl (C=O) groups is 1. The van der Waals surface area contributed by atoms with Gasteiger partial charge in [-0.05, 0) is 74.1 Å². The van der Waals surface area contributed by atoms with E-state index in [9.17, 15) is 4.79 Å². The van der Waals surface area contributed by atoms with Crippen molar-refractivity contribution >= 4 is 27.8 Å². The summed E-state index contributed by atoms with van der Waals surface area (Å²) in [6.07, 6.45) is 6.92. The van der Waals surface area contributed by atoms with Crippen LogP contribution in [-0.2, 0) is 18.3 Å². The number of nitrogens with zero attached hydrogens (tertiary/aromatic N) is 4. The summed E-state index contributed by atoms with van der Waals surface area (Å²) in [7, 11) is 3.73. The quantitative estimate of drug-likeness (QED) is 0.360. The summed E-state index contributed by atoms with van der Waals surface area (Å²) < 4.78 is 16.4. The number of benzene rings is 2. The molecule has 4 fully saturated rings. The molecule has 2 aromatic heterocycles. The van der Waals surface area contributed by atoms with E-state index in [0.29, 0.717) is 29.1 Å². The minimum atomic E-state index is 0.0299. The standard InChI is InChI=1S/C33H39N5O3/c1-36-31-25(13-23(15-28(31)40-2)33(39)38-17-21-10-11-26(38)29(21)34)35-32(36)27-14-20-5-3-7-24(22-6-4-12-41-18-22)30(20)37(27)16-19-8-9-19/h3,5,7,13-15,19,21-22,26,29H,4,6,8-12,16-18,34H2,1-2H3/t21-,22?,26-,29-/m1/s1. The van der Waals surface area contributed by atoms with E-state index in [-0.39, 0.29) is 18.0 Å². The number of aromatic nitrogens is 3. The third kappa shape index (κ3) is 4.02. The van der Waals surface area contributed by atoms with Crippen molar-refractivity contribution in [3.63, 3.8) is 0 Å². The lowest BCUT2D eigenvalue weighted by Crippen LogP contribution is -2.41. The van der Waals surface area contributed by atoms with E-state index in [1.807, 2.05) is 17.0 Å². The molecule has 2 aliphatic carbocycles. The minimum absolute atomic E-state index is 0.0299. The lowest BCUT2D eigenvalue weighted by molar-refractivity contribution is 0.0700. The van der Waals surface area contributed by atoms with Crippen LogP contribution in [0.25, 0.3) is 33.5 Å². The number of amides is 1. The molecular formula is C33H39N5O3. The third-order valence-electron chi connectivity index (χ3n) is 10.2. The zero-order valence-corrected chi connectivity index (χ0v) is 24.0. The number of piperidine rings is 1. The van der Waals surface area contributed by atoms with Gasteiger partial charge in [0.1, 0.15) is 11.3 Å². The van der Waals surface area contributed by atoms with Crippen molar-refractivity contribution in [1.29, 1.82) is 0 Å². The summed E-state index contributed by atoms with van der Waals surface area (Å²) in [6, 6.07) is 13.1. The normalized spacial score (nSPS) is 26.0. The molecule has 8 nitrogen and oxygen atoms in total. The monoisotopic (exact) mass is 553 g/mol. The van der Waals surface area contributed by atoms with Crippen molar-refractivity contribution < 1.29 is 14.3 Å². The highest BCUT2D eigenvalue weighted by Gasteiger charge is 2.47. The van der Waals surface area contributed by atoms with Crippen LogP contribution in [0.2, 0.25) is 0 Å². The molecule has 1 amide bonds. The maximum Gasteiger partial charge on any atom is 0.254 e. The zero-order valence-electron chi connectivity index (χ0n) is 24.0. The Morgan fingerprint density at radius 1 is 1.12 bits per heavy atom. The summed E-state index contributed by atoms with van der Waals surface area (Å²) in [4.78, 5) is 20.9. The summed E-state index contributed by atoms with van der Waals surface area (Å²) in [6.45, 7) is 3.38. The molecule has 2 saturated heterocycles. The first-order valence-corrected chi connectivity index (χ1v) is 15.3. The maximum absolute atomic E-state index is 13.7. The van der Waals surface area contributed by atoms with Crippen molar-refractivity contribution in [2.24, 2.45) is 24.6 Å². The van der Waals surface area contributed by atoms with Crippen LogP contribution in [0, 0.1) is 11.8 Å². The Morgan fingerprint density at radius 2 is 2.00 bits per heavy atom. The molecule has 4 aliphatic rings. The summed E-state index contributed by atoms with van der Waals surface area (Å²) in [5.41, 5.74) is 12.6. The largest absolute Gasteiger partial charge is 0.494 e. The molecule has 2 aromatic carbocycles. The Labute approximate surface area is 240 Å². The van der Waals surface area contributed by atoms with Gasteiger partial charge in [0.25, 0.3) is 5.91 Å². The molecular weight excluding hydrogens is 514 g/mol. The van der Waals surface area contributed by atoms with Crippen molar-refractivity contribution in [2.75, 3.05) is 26.9 Å². The van der Waals surface area contributed by atoms with Gasteiger partial charge < -0.3 is 29.2 Å². The van der Waals surface area contributed by atoms with E-state index in [2.05, 4.69) is 40.4 Å². The van der Waals surface area contributed by atoms with Crippen molar-refractivity contribution in [1.82, 2.24) is 19.0 Å². The third-order valence-corrected chi connectivity index (χ3v) is 10.2. The first kappa shape index (κ1) is 25.4. The Bertz CT molecular complexity index is 1660. The van der Waals surface area contributed by atoms with Gasteiger partial charge >= 0.3 is 0 Å². The average molecular weight is 554 g/mol. The van der Waals surface area contributed by atoms with Crippen LogP contribution in [0.15, 0.2) is 36.4 Å². The topological polar surface area (TPSA) is 87.5 Å². The number of imidazole rings is 1. The number of likely N-dealkylation sites (tertiary alicyclic amines) is 1. The van der Waals surface area contributed by atoms with Crippen LogP contribution in [0.1, 0.15) is 60.4 Å². The number of rotatable bonds is 6. The number of fused-ring (bicyclic) bond motifs is 4. The second kappa shape index (κ2) is 9.60. The van der Waals surface area contributed by atoms with Gasteiger partial charge in [0, 0.05) is 55.7 Å². The van der Waals surface area contributed by atoms with E-state index in [1.165, 1.54) is 29.3 Å². The summed E-state index contributed by atoms with van der Waals surface area (Å²) in [5, 5.41) is 1.25. The molecule has 8 rings (SSSR count). The number of hydrogen-bond donors (Lipinski definition) is 1. The molecule has 2 aliphatic heterocycles. The van der Waals surface area contributed by atoms with Crippen LogP contribution in [0.5, 0.6) is 5.75 Å². The van der Waals surface area contributed by atoms with Crippen LogP contribution in [0.3, 0.4) is 0 Å². The zero-order chi connectivity index (χ0) is 27.8. The fourth-order valence-corrected chi connectivity index (χ4v) is 7.87. The van der Waals surface area contributed by atoms with Crippen molar-refractivity contribution in [2.45, 2.75) is 63.1 Å². The maximum atomic E-state index is 13.7. The predicted molar refractivity (Wildman–Crippen MR) is 159 cm³/mol. The Morgan fingerprint density at radius 3 is 2.71 bits per heavy atom. The second-order valence-electron chi connectivity index (χ2n) is 12.8. The van der Waals surface area contributed by atoms with Gasteiger partial charge in [-0.25, -0.2) is 4.98 Å². The van der Waals surface area contributed by atoms with Gasteiger partial charge in [0.05, 0.1) is 30.4 Å². The Balaban J connectivity index is 1.25. The van der Waals surface area contributed by atoms with E-state index < -0.39 is 0 Å². The SMILES string of the molecule is COc1cc(C(=O)N2C[C@H]3CC[C@@H]2[C@@H]3N)cc2nc(-c3cc4cccc(C5CCCOC5)c4n3CC3CC3)n(C)c12. The number of carbonyl (C=O) groups excluding carboxylic acids is 1. The molecule has 1 unspecified atom stereocenters. The number of methoxy groups -OCH3 is 1. The molecule has 0 radical (unpaired) electrons. The van der Waals surface area contributed by atoms with Crippen LogP contribution >= 0.6 is 0 Å². The lowest BCUT2D eigenvalue weighted by Gasteiger charge is -2.27. The molecule has 4 heterocycles. The summed E-state index contributed by atoms with van der Waals surface area (Å²) >= 11 is 0. The van der Waals surface area contributed by atoms with Gasteiger partial charge in [-0.1, -0.05) is 18.2 Å². The summed E-state index contributed by atoms with van der Waals surface area (Å²) in [5.74, 6) is 3.13. The Kier molecular flexibility index (Phi) is 5.94. The van der Waals surface area contributed by atoms with Crippen molar-refractivity contribution in [3.8, 4) is 17.3 Å². The van der Waals surface area contributed by atoms with E-state index in [1.54, 1.807) is 7.11 Å². The van der Waals surface area contributed by atoms with Gasteiger partial charge in [0.2, 0.25) is 0 Å². The predicted octanol–water partition coefficient (Wildman–Crippen LogP) is 5.07. The van der Waals surface area contributed by atoms with E-state index in [4.69, 9.17) is 20.2 Å². The average Bonchev–Trinajstić information content (AvgIpc) is 3.39. The van der Waals surface area contributed by atoms with Gasteiger partial charge in [-0.3, -0.25) is 4.79 Å². The minimum Gasteiger partial charge on any atom is -0.494 e. The number of para-hydroxylation sites is 1. The van der Waals surface area contributed by atoms with Crippen LogP contribution in [-0.4, -0.2) is 63.9 Å². The van der Waals surface area contributed by atoms with Crippen molar-refractivity contribution in [3.05, 3.63) is 47.5 Å². The highest BCUT2D eigenvalue weighted by Crippen LogP contribution is 2.42. The number of nitrogens with two attached hydrogens (primary N) is 1. The van der Waals surface area contributed by atoms with Crippen LogP contribution in [0.4, 0.5) is 0 Å². The smallest absolute Gasteiger partial charge is 0.254 e. The molecule has 0 spiro atoms. The van der Waals surface area contributed by atoms with Gasteiger partial charge in [-0.15, -0.1) is 0 Å². The second-order valence-corrected chi connectivity index (χ2v) is 12.8. The molecule has 4 aromatic rings. The van der Waals surface area contributed by atoms with E-state index >= 15 is 0 Å². The van der Waals surface area contributed by atoms with Gasteiger partial charge in [0.15, 0.2) is 5.82 Å². The van der Waals surface area contributed by atoms with Crippen LogP contribution < -0.4 is 10.5 Å². The molecule has 214 valence electrons.